The highest BCUT2D eigenvalue weighted by molar-refractivity contribution is 7.99. The molecule has 3 aromatic rings. The molecule has 0 bridgehead atoms. The van der Waals surface area contributed by atoms with Gasteiger partial charge in [-0.3, -0.25) is 0 Å². The second-order valence-corrected chi connectivity index (χ2v) is 8.12. The van der Waals surface area contributed by atoms with Crippen LogP contribution in [0.25, 0.3) is 17.1 Å². The van der Waals surface area contributed by atoms with Crippen molar-refractivity contribution >= 4 is 40.8 Å². The number of nitrogens with one attached hydrogen (secondary N) is 1. The van der Waals surface area contributed by atoms with Crippen LogP contribution in [-0.2, 0) is 19.1 Å². The molecule has 0 amide bonds. The fourth-order valence-electron chi connectivity index (χ4n) is 3.65. The molecule has 29 heavy (non-hydrogen) atoms. The summed E-state index contributed by atoms with van der Waals surface area (Å²) in [5, 5.41) is 1.27. The van der Waals surface area contributed by atoms with Crippen molar-refractivity contribution in [1.29, 1.82) is 0 Å². The van der Waals surface area contributed by atoms with E-state index >= 15 is 0 Å². The van der Waals surface area contributed by atoms with Crippen molar-refractivity contribution in [2.45, 2.75) is 48.1 Å². The molecule has 2 fully saturated rings. The summed E-state index contributed by atoms with van der Waals surface area (Å²) in [6, 6.07) is 11.2. The number of fused-ring (bicyclic) bond motifs is 1. The molecule has 3 heterocycles. The lowest BCUT2D eigenvalue weighted by Crippen LogP contribution is -2.47. The lowest BCUT2D eigenvalue weighted by atomic mass is 9.93. The molecule has 8 heteroatoms. The summed E-state index contributed by atoms with van der Waals surface area (Å²) in [5.74, 6) is -2.04. The third-order valence-electron chi connectivity index (χ3n) is 5.07. The molecule has 1 spiro atoms. The average Bonchev–Trinajstić information content (AvgIpc) is 3.31. The summed E-state index contributed by atoms with van der Waals surface area (Å²) < 4.78 is 16.7. The Bertz CT molecular complexity index is 1070. The van der Waals surface area contributed by atoms with Gasteiger partial charge in [0.25, 0.3) is 5.79 Å². The molecule has 7 nitrogen and oxygen atoms in total. The van der Waals surface area contributed by atoms with Crippen LogP contribution in [0.5, 0.6) is 0 Å². The fraction of sp³-hybridized carbons (Fsp3) is 0.286. The Hall–Kier alpha value is -3.00. The van der Waals surface area contributed by atoms with Gasteiger partial charge in [-0.15, -0.1) is 0 Å². The zero-order chi connectivity index (χ0) is 19.8. The first-order valence-electron chi connectivity index (χ1n) is 9.51. The van der Waals surface area contributed by atoms with Gasteiger partial charge in [-0.1, -0.05) is 18.6 Å². The molecule has 0 atom stereocenters. The second-order valence-electron chi connectivity index (χ2n) is 7.13. The SMILES string of the molecule is O=C1OC2(CCCCC2)OC(=O)C1=Cc1ccc(Sc2nc3ccccc3[nH]2)o1. The van der Waals surface area contributed by atoms with Crippen LogP contribution < -0.4 is 0 Å². The van der Waals surface area contributed by atoms with E-state index in [4.69, 9.17) is 13.9 Å². The molecule has 1 aliphatic carbocycles. The highest BCUT2D eigenvalue weighted by atomic mass is 32.2. The number of carbonyl (C=O) groups excluding carboxylic acids is 2. The Morgan fingerprint density at radius 3 is 2.52 bits per heavy atom. The van der Waals surface area contributed by atoms with Gasteiger partial charge in [0.05, 0.1) is 11.0 Å². The molecule has 5 rings (SSSR count). The minimum Gasteiger partial charge on any atom is -0.450 e. The van der Waals surface area contributed by atoms with Gasteiger partial charge in [-0.25, -0.2) is 14.6 Å². The number of nitrogens with zero attached hydrogens (tertiary/aromatic N) is 1. The number of aromatic nitrogens is 2. The lowest BCUT2D eigenvalue weighted by Gasteiger charge is -2.38. The van der Waals surface area contributed by atoms with Crippen LogP contribution >= 0.6 is 11.8 Å². The highest BCUT2D eigenvalue weighted by Gasteiger charge is 2.46. The van der Waals surface area contributed by atoms with E-state index in [1.165, 1.54) is 17.8 Å². The summed E-state index contributed by atoms with van der Waals surface area (Å²) in [5.41, 5.74) is 1.65. The van der Waals surface area contributed by atoms with Crippen LogP contribution in [0.1, 0.15) is 37.9 Å². The minimum atomic E-state index is -1.09. The van der Waals surface area contributed by atoms with Gasteiger partial charge in [0.2, 0.25) is 0 Å². The highest BCUT2D eigenvalue weighted by Crippen LogP contribution is 2.37. The van der Waals surface area contributed by atoms with E-state index in [-0.39, 0.29) is 5.57 Å². The van der Waals surface area contributed by atoms with Crippen LogP contribution in [-0.4, -0.2) is 27.7 Å². The third kappa shape index (κ3) is 3.55. The van der Waals surface area contributed by atoms with E-state index in [1.54, 1.807) is 12.1 Å². The third-order valence-corrected chi connectivity index (χ3v) is 5.87. The Morgan fingerprint density at radius 1 is 1.00 bits per heavy atom. The smallest absolute Gasteiger partial charge is 0.349 e. The Kier molecular flexibility index (Phi) is 4.43. The summed E-state index contributed by atoms with van der Waals surface area (Å²) in [7, 11) is 0. The zero-order valence-corrected chi connectivity index (χ0v) is 16.3. The Balaban J connectivity index is 1.33. The lowest BCUT2D eigenvalue weighted by molar-refractivity contribution is -0.244. The molecule has 1 N–H and O–H groups in total. The first-order valence-corrected chi connectivity index (χ1v) is 10.3. The molecule has 1 aliphatic heterocycles. The number of rotatable bonds is 3. The predicted octanol–water partition coefficient (Wildman–Crippen LogP) is 4.45. The molecule has 148 valence electrons. The van der Waals surface area contributed by atoms with Crippen molar-refractivity contribution in [2.24, 2.45) is 0 Å². The first-order chi connectivity index (χ1) is 14.1. The molecular formula is C21H18N2O5S. The number of benzene rings is 1. The maximum Gasteiger partial charge on any atom is 0.349 e. The monoisotopic (exact) mass is 410 g/mol. The summed E-state index contributed by atoms with van der Waals surface area (Å²) >= 11 is 1.32. The number of esters is 2. The van der Waals surface area contributed by atoms with Crippen molar-refractivity contribution in [3.8, 4) is 0 Å². The molecule has 1 aromatic carbocycles. The zero-order valence-electron chi connectivity index (χ0n) is 15.5. The number of furan rings is 1. The predicted molar refractivity (Wildman–Crippen MR) is 105 cm³/mol. The Morgan fingerprint density at radius 2 is 1.76 bits per heavy atom. The van der Waals surface area contributed by atoms with E-state index in [0.29, 0.717) is 28.9 Å². The van der Waals surface area contributed by atoms with Gasteiger partial charge in [0.1, 0.15) is 11.3 Å². The van der Waals surface area contributed by atoms with Gasteiger partial charge in [-0.05, 0) is 48.9 Å². The van der Waals surface area contributed by atoms with Crippen molar-refractivity contribution in [3.05, 3.63) is 47.7 Å². The summed E-state index contributed by atoms with van der Waals surface area (Å²) in [4.78, 5) is 32.6. The maximum atomic E-state index is 12.4. The summed E-state index contributed by atoms with van der Waals surface area (Å²) in [6.07, 6.45) is 5.27. The van der Waals surface area contributed by atoms with E-state index in [1.807, 2.05) is 24.3 Å². The molecule has 0 unspecified atom stereocenters. The Labute approximate surface area is 170 Å². The average molecular weight is 410 g/mol. The number of H-pyrrole nitrogens is 1. The topological polar surface area (TPSA) is 94.4 Å². The molecule has 1 saturated heterocycles. The molecule has 0 radical (unpaired) electrons. The second kappa shape index (κ2) is 7.11. The molecule has 2 aromatic heterocycles. The van der Waals surface area contributed by atoms with Gasteiger partial charge < -0.3 is 18.9 Å². The van der Waals surface area contributed by atoms with Crippen molar-refractivity contribution in [3.63, 3.8) is 0 Å². The van der Waals surface area contributed by atoms with E-state index in [9.17, 15) is 9.59 Å². The van der Waals surface area contributed by atoms with Crippen molar-refractivity contribution in [2.75, 3.05) is 0 Å². The standard InChI is InChI=1S/C21H18N2O5S/c24-18-14(19(25)28-21(27-18)10-4-1-5-11-21)12-13-8-9-17(26-13)29-20-22-15-6-2-3-7-16(15)23-20/h2-3,6-9,12H,1,4-5,10-11H2,(H,22,23). The van der Waals surface area contributed by atoms with Crippen molar-refractivity contribution < 1.29 is 23.5 Å². The van der Waals surface area contributed by atoms with Crippen LogP contribution in [0.4, 0.5) is 0 Å². The number of hydrogen-bond donors (Lipinski definition) is 1. The number of aromatic amines is 1. The molecule has 1 saturated carbocycles. The number of carbonyl (C=O) groups is 2. The first kappa shape index (κ1) is 18.1. The van der Waals surface area contributed by atoms with Crippen LogP contribution in [0.3, 0.4) is 0 Å². The van der Waals surface area contributed by atoms with E-state index < -0.39 is 17.7 Å². The normalized spacial score (nSPS) is 18.7. The number of para-hydroxylation sites is 2. The maximum absolute atomic E-state index is 12.4. The van der Waals surface area contributed by atoms with Gasteiger partial charge in [0.15, 0.2) is 10.2 Å². The van der Waals surface area contributed by atoms with E-state index in [2.05, 4.69) is 9.97 Å². The molecule has 2 aliphatic rings. The largest absolute Gasteiger partial charge is 0.450 e. The summed E-state index contributed by atoms with van der Waals surface area (Å²) in [6.45, 7) is 0. The van der Waals surface area contributed by atoms with Crippen molar-refractivity contribution in [1.82, 2.24) is 9.97 Å². The van der Waals surface area contributed by atoms with Gasteiger partial charge in [-0.2, -0.15) is 0 Å². The van der Waals surface area contributed by atoms with Gasteiger partial charge >= 0.3 is 11.9 Å². The number of hydrogen-bond acceptors (Lipinski definition) is 7. The quantitative estimate of drug-likeness (QED) is 0.387. The van der Waals surface area contributed by atoms with Crippen LogP contribution in [0.2, 0.25) is 0 Å². The minimum absolute atomic E-state index is 0.157. The van der Waals surface area contributed by atoms with Crippen LogP contribution in [0.15, 0.2) is 56.6 Å². The van der Waals surface area contributed by atoms with E-state index in [0.717, 1.165) is 30.3 Å². The fourth-order valence-corrected chi connectivity index (χ4v) is 4.42. The molecular weight excluding hydrogens is 392 g/mol. The number of imidazole rings is 1. The van der Waals surface area contributed by atoms with Crippen LogP contribution in [0, 0.1) is 0 Å². The van der Waals surface area contributed by atoms with Gasteiger partial charge in [0, 0.05) is 18.9 Å². The number of ether oxygens (including phenoxy) is 2.